The molecule has 1 aliphatic rings. The van der Waals surface area contributed by atoms with Gasteiger partial charge in [-0.1, -0.05) is 42.5 Å². The quantitative estimate of drug-likeness (QED) is 0.540. The summed E-state index contributed by atoms with van der Waals surface area (Å²) < 4.78 is 11.3. The van der Waals surface area contributed by atoms with Gasteiger partial charge >= 0.3 is 5.97 Å². The molecular formula is C24H27NO4. The maximum atomic E-state index is 11.2. The monoisotopic (exact) mass is 393 g/mol. The van der Waals surface area contributed by atoms with Crippen molar-refractivity contribution in [3.8, 4) is 5.75 Å². The lowest BCUT2D eigenvalue weighted by molar-refractivity contribution is -0.133. The number of ether oxygens (including phenoxy) is 2. The van der Waals surface area contributed by atoms with Crippen molar-refractivity contribution in [2.24, 2.45) is 0 Å². The highest BCUT2D eigenvalue weighted by molar-refractivity contribution is 5.87. The molecule has 3 rings (SSSR count). The molecule has 0 aromatic heterocycles. The maximum absolute atomic E-state index is 11.2. The number of hydrogen-bond acceptors (Lipinski definition) is 4. The summed E-state index contributed by atoms with van der Waals surface area (Å²) in [6.07, 6.45) is 4.36. The van der Waals surface area contributed by atoms with Gasteiger partial charge in [-0.15, -0.1) is 0 Å². The van der Waals surface area contributed by atoms with Gasteiger partial charge in [0.2, 0.25) is 0 Å². The molecule has 0 unspecified atom stereocenters. The van der Waals surface area contributed by atoms with Crippen LogP contribution in [0.15, 0.2) is 66.4 Å². The minimum Gasteiger partial charge on any atom is -0.499 e. The molecule has 2 aromatic carbocycles. The van der Waals surface area contributed by atoms with Crippen LogP contribution in [0.5, 0.6) is 5.75 Å². The first-order valence-electron chi connectivity index (χ1n) is 9.75. The molecule has 29 heavy (non-hydrogen) atoms. The number of aryl methyl sites for hydroxylation is 1. The van der Waals surface area contributed by atoms with E-state index < -0.39 is 5.97 Å². The lowest BCUT2D eigenvalue weighted by Gasteiger charge is -2.25. The molecule has 0 saturated heterocycles. The molecule has 1 aliphatic heterocycles. The average molecular weight is 393 g/mol. The van der Waals surface area contributed by atoms with Gasteiger partial charge in [-0.05, 0) is 42.2 Å². The number of rotatable bonds is 8. The zero-order valence-corrected chi connectivity index (χ0v) is 16.9. The Bertz CT molecular complexity index is 917. The highest BCUT2D eigenvalue weighted by Crippen LogP contribution is 2.28. The summed E-state index contributed by atoms with van der Waals surface area (Å²) in [5, 5.41) is 9.18. The van der Waals surface area contributed by atoms with Gasteiger partial charge in [-0.2, -0.15) is 0 Å². The fourth-order valence-corrected chi connectivity index (χ4v) is 3.43. The number of carboxylic acid groups (broad SMARTS) is 1. The third kappa shape index (κ3) is 5.48. The van der Waals surface area contributed by atoms with Crippen molar-refractivity contribution in [3.05, 3.63) is 83.1 Å². The molecule has 0 amide bonds. The molecule has 0 spiro atoms. The molecule has 0 saturated carbocycles. The second-order valence-electron chi connectivity index (χ2n) is 7.05. The largest absolute Gasteiger partial charge is 0.499 e. The maximum Gasteiger partial charge on any atom is 0.332 e. The standard InChI is InChI=1S/C24H27NO4/c1-18-7-3-4-11-22(18)23(19-8-5-10-21(15-19)28-2)17-29-14-13-25-12-6-9-20(16-25)24(26)27/h3-5,7-11,15,17H,6,12-14,16H2,1-2H3,(H,26,27)/b23-17-. The van der Waals surface area contributed by atoms with Gasteiger partial charge < -0.3 is 14.6 Å². The van der Waals surface area contributed by atoms with Gasteiger partial charge in [-0.25, -0.2) is 4.79 Å². The third-order valence-corrected chi connectivity index (χ3v) is 5.05. The lowest BCUT2D eigenvalue weighted by Crippen LogP contribution is -2.34. The van der Waals surface area contributed by atoms with Crippen LogP contribution in [0.1, 0.15) is 23.1 Å². The van der Waals surface area contributed by atoms with Crippen LogP contribution in [0.25, 0.3) is 5.57 Å². The van der Waals surface area contributed by atoms with E-state index in [9.17, 15) is 9.90 Å². The van der Waals surface area contributed by atoms with Gasteiger partial charge in [0.1, 0.15) is 12.4 Å². The highest BCUT2D eigenvalue weighted by atomic mass is 16.5. The summed E-state index contributed by atoms with van der Waals surface area (Å²) in [6, 6.07) is 16.1. The third-order valence-electron chi connectivity index (χ3n) is 5.05. The number of carbonyl (C=O) groups is 1. The average Bonchev–Trinajstić information content (AvgIpc) is 2.75. The zero-order chi connectivity index (χ0) is 20.6. The number of aliphatic carboxylic acids is 1. The number of methoxy groups -OCH3 is 1. The normalized spacial score (nSPS) is 15.0. The van der Waals surface area contributed by atoms with Crippen LogP contribution in [0.4, 0.5) is 0 Å². The smallest absolute Gasteiger partial charge is 0.332 e. The number of hydrogen-bond donors (Lipinski definition) is 1. The van der Waals surface area contributed by atoms with Gasteiger partial charge in [-0.3, -0.25) is 4.90 Å². The topological polar surface area (TPSA) is 59.0 Å². The molecule has 5 nitrogen and oxygen atoms in total. The van der Waals surface area contributed by atoms with E-state index in [-0.39, 0.29) is 0 Å². The van der Waals surface area contributed by atoms with Crippen LogP contribution >= 0.6 is 0 Å². The van der Waals surface area contributed by atoms with E-state index in [1.807, 2.05) is 36.4 Å². The molecule has 0 fully saturated rings. The van der Waals surface area contributed by atoms with Gasteiger partial charge in [0.25, 0.3) is 0 Å². The van der Waals surface area contributed by atoms with Crippen molar-refractivity contribution >= 4 is 11.5 Å². The Morgan fingerprint density at radius 2 is 2.03 bits per heavy atom. The molecule has 5 heteroatoms. The Hall–Kier alpha value is -3.05. The van der Waals surface area contributed by atoms with Crippen molar-refractivity contribution < 1.29 is 19.4 Å². The summed E-state index contributed by atoms with van der Waals surface area (Å²) in [5.74, 6) is -0.0429. The fourth-order valence-electron chi connectivity index (χ4n) is 3.43. The predicted octanol–water partition coefficient (Wildman–Crippen LogP) is 4.13. The second-order valence-corrected chi connectivity index (χ2v) is 7.05. The second kappa shape index (κ2) is 9.94. The van der Waals surface area contributed by atoms with Crippen LogP contribution in [0.3, 0.4) is 0 Å². The summed E-state index contributed by atoms with van der Waals surface area (Å²) in [4.78, 5) is 13.3. The van der Waals surface area contributed by atoms with Gasteiger partial charge in [0, 0.05) is 30.8 Å². The van der Waals surface area contributed by atoms with Crippen LogP contribution in [0.2, 0.25) is 0 Å². The molecule has 0 aliphatic carbocycles. The van der Waals surface area contributed by atoms with Gasteiger partial charge in [0.05, 0.1) is 13.4 Å². The molecule has 1 heterocycles. The summed E-state index contributed by atoms with van der Waals surface area (Å²) in [5.41, 5.74) is 4.75. The van der Waals surface area contributed by atoms with Crippen LogP contribution in [-0.4, -0.2) is 49.3 Å². The minimum atomic E-state index is -0.838. The molecule has 0 radical (unpaired) electrons. The number of nitrogens with zero attached hydrogens (tertiary/aromatic N) is 1. The predicted molar refractivity (Wildman–Crippen MR) is 114 cm³/mol. The zero-order valence-electron chi connectivity index (χ0n) is 16.9. The molecule has 152 valence electrons. The van der Waals surface area contributed by atoms with Crippen LogP contribution in [0, 0.1) is 6.92 Å². The first kappa shape index (κ1) is 20.7. The molecular weight excluding hydrogens is 366 g/mol. The van der Waals surface area contributed by atoms with Crippen LogP contribution < -0.4 is 4.74 Å². The van der Waals surface area contributed by atoms with E-state index in [0.717, 1.165) is 41.0 Å². The SMILES string of the molecule is COc1cccc(/C(=C/OCCN2CCC=C(C(=O)O)C2)c2ccccc2C)c1. The van der Waals surface area contributed by atoms with Crippen molar-refractivity contribution in [1.29, 1.82) is 0 Å². The number of carboxylic acids is 1. The highest BCUT2D eigenvalue weighted by Gasteiger charge is 2.17. The Morgan fingerprint density at radius 3 is 2.79 bits per heavy atom. The minimum absolute atomic E-state index is 0.461. The number of benzene rings is 2. The van der Waals surface area contributed by atoms with E-state index in [4.69, 9.17) is 9.47 Å². The Morgan fingerprint density at radius 1 is 1.21 bits per heavy atom. The van der Waals surface area contributed by atoms with E-state index in [2.05, 4.69) is 24.0 Å². The molecule has 0 bridgehead atoms. The lowest BCUT2D eigenvalue weighted by atomic mass is 9.95. The van der Waals surface area contributed by atoms with Crippen molar-refractivity contribution in [1.82, 2.24) is 4.90 Å². The Kier molecular flexibility index (Phi) is 7.09. The van der Waals surface area contributed by atoms with E-state index >= 15 is 0 Å². The summed E-state index contributed by atoms with van der Waals surface area (Å²) in [7, 11) is 1.66. The fraction of sp³-hybridized carbons (Fsp3) is 0.292. The van der Waals surface area contributed by atoms with E-state index in [1.165, 1.54) is 0 Å². The Labute approximate surface area is 171 Å². The van der Waals surface area contributed by atoms with Crippen molar-refractivity contribution in [2.75, 3.05) is 33.4 Å². The van der Waals surface area contributed by atoms with Crippen molar-refractivity contribution in [2.45, 2.75) is 13.3 Å². The van der Waals surface area contributed by atoms with Gasteiger partial charge in [0.15, 0.2) is 0 Å². The first-order chi connectivity index (χ1) is 14.1. The molecule has 2 aromatic rings. The molecule has 1 N–H and O–H groups in total. The first-order valence-corrected chi connectivity index (χ1v) is 9.75. The van der Waals surface area contributed by atoms with E-state index in [0.29, 0.717) is 25.3 Å². The Balaban J connectivity index is 1.73. The summed E-state index contributed by atoms with van der Waals surface area (Å²) in [6.45, 7) is 4.57. The molecule has 0 atom stereocenters. The summed E-state index contributed by atoms with van der Waals surface area (Å²) >= 11 is 0. The van der Waals surface area contributed by atoms with Crippen LogP contribution in [-0.2, 0) is 9.53 Å². The van der Waals surface area contributed by atoms with Crippen molar-refractivity contribution in [3.63, 3.8) is 0 Å². The van der Waals surface area contributed by atoms with E-state index in [1.54, 1.807) is 19.4 Å².